The van der Waals surface area contributed by atoms with E-state index in [0.29, 0.717) is 11.4 Å². The van der Waals surface area contributed by atoms with Gasteiger partial charge >= 0.3 is 5.97 Å². The molecule has 0 spiro atoms. The van der Waals surface area contributed by atoms with Crippen LogP contribution in [0.2, 0.25) is 0 Å². The zero-order valence-electron chi connectivity index (χ0n) is 8.33. The molecule has 1 saturated carbocycles. The van der Waals surface area contributed by atoms with Crippen LogP contribution >= 0.6 is 0 Å². The number of aromatic carboxylic acids is 1. The summed E-state index contributed by atoms with van der Waals surface area (Å²) in [5, 5.41) is 8.80. The second-order valence-electron chi connectivity index (χ2n) is 4.06. The van der Waals surface area contributed by atoms with E-state index in [1.54, 1.807) is 0 Å². The molecule has 0 aliphatic heterocycles. The second kappa shape index (κ2) is 3.04. The minimum atomic E-state index is -1.14. The first-order valence-corrected chi connectivity index (χ1v) is 5.07. The third kappa shape index (κ3) is 1.36. The molecular formula is C11H9FN2O2. The van der Waals surface area contributed by atoms with Gasteiger partial charge in [0.2, 0.25) is 0 Å². The van der Waals surface area contributed by atoms with Gasteiger partial charge in [0.15, 0.2) is 5.82 Å². The van der Waals surface area contributed by atoms with E-state index in [1.807, 2.05) is 0 Å². The number of hydrogen-bond acceptors (Lipinski definition) is 2. The number of carboxylic acid groups (broad SMARTS) is 1. The molecule has 1 aliphatic carbocycles. The molecule has 0 amide bonds. The zero-order valence-corrected chi connectivity index (χ0v) is 8.33. The monoisotopic (exact) mass is 220 g/mol. The van der Waals surface area contributed by atoms with Gasteiger partial charge in [0.1, 0.15) is 11.3 Å². The van der Waals surface area contributed by atoms with Crippen molar-refractivity contribution in [2.75, 3.05) is 0 Å². The van der Waals surface area contributed by atoms with Gasteiger partial charge in [-0.05, 0) is 25.0 Å². The van der Waals surface area contributed by atoms with Crippen molar-refractivity contribution in [1.82, 2.24) is 9.97 Å². The summed E-state index contributed by atoms with van der Waals surface area (Å²) in [7, 11) is 0. The van der Waals surface area contributed by atoms with E-state index < -0.39 is 11.8 Å². The summed E-state index contributed by atoms with van der Waals surface area (Å²) in [4.78, 5) is 17.9. The molecule has 1 aromatic carbocycles. The van der Waals surface area contributed by atoms with Gasteiger partial charge in [-0.1, -0.05) is 0 Å². The average Bonchev–Trinajstić information content (AvgIpc) is 2.98. The van der Waals surface area contributed by atoms with Crippen molar-refractivity contribution in [3.8, 4) is 0 Å². The number of aromatic nitrogens is 2. The fraction of sp³-hybridized carbons (Fsp3) is 0.273. The van der Waals surface area contributed by atoms with Gasteiger partial charge in [-0.2, -0.15) is 0 Å². The summed E-state index contributed by atoms with van der Waals surface area (Å²) in [5.74, 6) is -0.571. The highest BCUT2D eigenvalue weighted by Crippen LogP contribution is 2.39. The van der Waals surface area contributed by atoms with E-state index in [4.69, 9.17) is 5.11 Å². The fourth-order valence-corrected chi connectivity index (χ4v) is 1.77. The molecule has 2 N–H and O–H groups in total. The highest BCUT2D eigenvalue weighted by Gasteiger charge is 2.27. The van der Waals surface area contributed by atoms with Crippen LogP contribution in [0.3, 0.4) is 0 Å². The van der Waals surface area contributed by atoms with Crippen LogP contribution in [0, 0.1) is 5.82 Å². The molecule has 0 radical (unpaired) electrons. The zero-order chi connectivity index (χ0) is 11.3. The van der Waals surface area contributed by atoms with Gasteiger partial charge in [-0.15, -0.1) is 0 Å². The molecule has 0 bridgehead atoms. The highest BCUT2D eigenvalue weighted by molar-refractivity contribution is 5.92. The molecule has 1 aromatic heterocycles. The smallest absolute Gasteiger partial charge is 0.335 e. The summed E-state index contributed by atoms with van der Waals surface area (Å²) in [6.07, 6.45) is 2.13. The number of carbonyl (C=O) groups is 1. The number of aromatic amines is 1. The summed E-state index contributed by atoms with van der Waals surface area (Å²) in [6, 6.07) is 2.42. The quantitative estimate of drug-likeness (QED) is 0.815. The number of nitrogens with one attached hydrogen (secondary N) is 1. The van der Waals surface area contributed by atoms with E-state index in [2.05, 4.69) is 9.97 Å². The van der Waals surface area contributed by atoms with Crippen molar-refractivity contribution in [2.45, 2.75) is 18.8 Å². The molecule has 5 heteroatoms. The van der Waals surface area contributed by atoms with Crippen LogP contribution in [-0.2, 0) is 0 Å². The Morgan fingerprint density at radius 3 is 2.88 bits per heavy atom. The number of hydrogen-bond donors (Lipinski definition) is 2. The van der Waals surface area contributed by atoms with E-state index in [-0.39, 0.29) is 11.1 Å². The minimum absolute atomic E-state index is 0.0593. The Morgan fingerprint density at radius 2 is 2.25 bits per heavy atom. The number of halogens is 1. The molecule has 0 unspecified atom stereocenters. The maximum Gasteiger partial charge on any atom is 0.335 e. The fourth-order valence-electron chi connectivity index (χ4n) is 1.77. The van der Waals surface area contributed by atoms with Crippen LogP contribution < -0.4 is 0 Å². The lowest BCUT2D eigenvalue weighted by Crippen LogP contribution is -1.97. The molecule has 1 fully saturated rings. The first kappa shape index (κ1) is 9.33. The number of benzene rings is 1. The summed E-state index contributed by atoms with van der Waals surface area (Å²) in [5.41, 5.74) is 0.627. The summed E-state index contributed by atoms with van der Waals surface area (Å²) in [6.45, 7) is 0. The third-order valence-corrected chi connectivity index (χ3v) is 2.77. The standard InChI is InChI=1S/C11H9FN2O2/c12-7-3-6(11(15)16)4-8-9(7)14-10(13-8)5-1-2-5/h3-5H,1-2H2,(H,13,14)(H,15,16). The van der Waals surface area contributed by atoms with Gasteiger partial charge in [-0.3, -0.25) is 0 Å². The predicted octanol–water partition coefficient (Wildman–Crippen LogP) is 2.28. The lowest BCUT2D eigenvalue weighted by molar-refractivity contribution is 0.0696. The van der Waals surface area contributed by atoms with Gasteiger partial charge in [-0.25, -0.2) is 14.2 Å². The topological polar surface area (TPSA) is 66.0 Å². The Bertz CT molecular complexity index is 587. The minimum Gasteiger partial charge on any atom is -0.478 e. The molecular weight excluding hydrogens is 211 g/mol. The Morgan fingerprint density at radius 1 is 1.50 bits per heavy atom. The first-order chi connectivity index (χ1) is 7.65. The normalized spacial score (nSPS) is 15.6. The Labute approximate surface area is 90.1 Å². The summed E-state index contributed by atoms with van der Waals surface area (Å²) < 4.78 is 13.6. The maximum atomic E-state index is 13.6. The molecule has 1 aliphatic rings. The van der Waals surface area contributed by atoms with Crippen LogP contribution in [0.5, 0.6) is 0 Å². The largest absolute Gasteiger partial charge is 0.478 e. The first-order valence-electron chi connectivity index (χ1n) is 5.07. The molecule has 1 heterocycles. The molecule has 0 saturated heterocycles. The Kier molecular flexibility index (Phi) is 1.77. The third-order valence-electron chi connectivity index (χ3n) is 2.77. The van der Waals surface area contributed by atoms with E-state index in [1.165, 1.54) is 6.07 Å². The van der Waals surface area contributed by atoms with E-state index in [9.17, 15) is 9.18 Å². The maximum absolute atomic E-state index is 13.6. The SMILES string of the molecule is O=C(O)c1cc(F)c2nc(C3CC3)[nH]c2c1. The van der Waals surface area contributed by atoms with Crippen LogP contribution in [0.1, 0.15) is 34.9 Å². The average molecular weight is 220 g/mol. The van der Waals surface area contributed by atoms with Gasteiger partial charge in [0, 0.05) is 5.92 Å². The van der Waals surface area contributed by atoms with Gasteiger partial charge < -0.3 is 10.1 Å². The van der Waals surface area contributed by atoms with Crippen molar-refractivity contribution in [2.24, 2.45) is 0 Å². The van der Waals surface area contributed by atoms with Crippen LogP contribution in [0.15, 0.2) is 12.1 Å². The number of rotatable bonds is 2. The van der Waals surface area contributed by atoms with Crippen LogP contribution in [0.25, 0.3) is 11.0 Å². The van der Waals surface area contributed by atoms with Crippen molar-refractivity contribution >= 4 is 17.0 Å². The van der Waals surface area contributed by atoms with E-state index >= 15 is 0 Å². The Hall–Kier alpha value is -1.91. The number of nitrogens with zero attached hydrogens (tertiary/aromatic N) is 1. The molecule has 2 aromatic rings. The van der Waals surface area contributed by atoms with Crippen LogP contribution in [0.4, 0.5) is 4.39 Å². The molecule has 82 valence electrons. The van der Waals surface area contributed by atoms with Crippen molar-refractivity contribution < 1.29 is 14.3 Å². The van der Waals surface area contributed by atoms with Crippen LogP contribution in [-0.4, -0.2) is 21.0 Å². The van der Waals surface area contributed by atoms with Crippen molar-refractivity contribution in [3.63, 3.8) is 0 Å². The van der Waals surface area contributed by atoms with Gasteiger partial charge in [0.05, 0.1) is 11.1 Å². The number of fused-ring (bicyclic) bond motifs is 1. The summed E-state index contributed by atoms with van der Waals surface area (Å²) >= 11 is 0. The van der Waals surface area contributed by atoms with Crippen molar-refractivity contribution in [3.05, 3.63) is 29.3 Å². The van der Waals surface area contributed by atoms with E-state index in [0.717, 1.165) is 24.7 Å². The molecule has 0 atom stereocenters. The molecule has 3 rings (SSSR count). The Balaban J connectivity index is 2.21. The second-order valence-corrected chi connectivity index (χ2v) is 4.06. The number of carboxylic acids is 1. The number of H-pyrrole nitrogens is 1. The number of imidazole rings is 1. The highest BCUT2D eigenvalue weighted by atomic mass is 19.1. The predicted molar refractivity (Wildman–Crippen MR) is 55.0 cm³/mol. The van der Waals surface area contributed by atoms with Gasteiger partial charge in [0.25, 0.3) is 0 Å². The lowest BCUT2D eigenvalue weighted by atomic mass is 10.2. The molecule has 4 nitrogen and oxygen atoms in total. The van der Waals surface area contributed by atoms with Crippen molar-refractivity contribution in [1.29, 1.82) is 0 Å². The molecule has 16 heavy (non-hydrogen) atoms. The lowest BCUT2D eigenvalue weighted by Gasteiger charge is -1.95.